The number of rotatable bonds is 9. The molecule has 1 aromatic carbocycles. The van der Waals surface area contributed by atoms with Crippen LogP contribution in [0.25, 0.3) is 0 Å². The Hall–Kier alpha value is -2.13. The van der Waals surface area contributed by atoms with Crippen LogP contribution in [-0.4, -0.2) is 52.3 Å². The molecule has 1 aromatic rings. The first-order chi connectivity index (χ1) is 15.6. The summed E-state index contributed by atoms with van der Waals surface area (Å²) in [4.78, 5) is 25.6. The Labute approximate surface area is 196 Å². The first-order valence-corrected chi connectivity index (χ1v) is 13.3. The summed E-state index contributed by atoms with van der Waals surface area (Å²) in [6.45, 7) is 0.459. The molecule has 0 heterocycles. The highest BCUT2D eigenvalue weighted by Gasteiger charge is 2.54. The Morgan fingerprint density at radius 1 is 1.09 bits per heavy atom. The minimum atomic E-state index is -3.63. The van der Waals surface area contributed by atoms with E-state index in [2.05, 4.69) is 10.6 Å². The average molecular weight is 478 g/mol. The smallest absolute Gasteiger partial charge is 0.242 e. The minimum absolute atomic E-state index is 0.0754. The van der Waals surface area contributed by atoms with Crippen molar-refractivity contribution in [3.05, 3.63) is 18.2 Å². The summed E-state index contributed by atoms with van der Waals surface area (Å²) in [6.07, 6.45) is 7.70. The van der Waals surface area contributed by atoms with E-state index in [1.165, 1.54) is 58.7 Å². The van der Waals surface area contributed by atoms with Gasteiger partial charge in [0.2, 0.25) is 21.8 Å². The number of methoxy groups -OCH3 is 1. The van der Waals surface area contributed by atoms with Crippen LogP contribution in [0.2, 0.25) is 0 Å². The molecule has 0 aliphatic heterocycles. The van der Waals surface area contributed by atoms with Gasteiger partial charge in [0.15, 0.2) is 0 Å². The molecule has 182 valence electrons. The fourth-order valence-corrected chi connectivity index (χ4v) is 7.32. The van der Waals surface area contributed by atoms with E-state index in [1.807, 2.05) is 0 Å². The van der Waals surface area contributed by atoms with Gasteiger partial charge in [-0.15, -0.1) is 0 Å². The molecule has 33 heavy (non-hydrogen) atoms. The Kier molecular flexibility index (Phi) is 6.73. The monoisotopic (exact) mass is 477 g/mol. The molecule has 4 bridgehead atoms. The quantitative estimate of drug-likeness (QED) is 0.532. The average Bonchev–Trinajstić information content (AvgIpc) is 2.75. The van der Waals surface area contributed by atoms with Crippen molar-refractivity contribution >= 4 is 27.5 Å². The van der Waals surface area contributed by atoms with Crippen molar-refractivity contribution in [3.63, 3.8) is 0 Å². The lowest BCUT2D eigenvalue weighted by Crippen LogP contribution is -2.53. The third kappa shape index (κ3) is 4.89. The lowest BCUT2D eigenvalue weighted by atomic mass is 9.49. The van der Waals surface area contributed by atoms with Crippen molar-refractivity contribution in [2.45, 2.75) is 56.3 Å². The third-order valence-electron chi connectivity index (χ3n) is 7.61. The molecule has 8 nitrogen and oxygen atoms in total. The van der Waals surface area contributed by atoms with Gasteiger partial charge in [0, 0.05) is 32.5 Å². The predicted molar refractivity (Wildman–Crippen MR) is 125 cm³/mol. The molecule has 9 heteroatoms. The summed E-state index contributed by atoms with van der Waals surface area (Å²) in [5.74, 6) is 2.46. The Morgan fingerprint density at radius 3 is 2.24 bits per heavy atom. The molecule has 2 N–H and O–H groups in total. The van der Waals surface area contributed by atoms with Crippen molar-refractivity contribution in [1.29, 1.82) is 0 Å². The molecule has 0 atom stereocenters. The number of ether oxygens (including phenoxy) is 1. The Morgan fingerprint density at radius 2 is 1.70 bits per heavy atom. The van der Waals surface area contributed by atoms with Crippen LogP contribution < -0.4 is 15.4 Å². The summed E-state index contributed by atoms with van der Waals surface area (Å²) >= 11 is 0. The van der Waals surface area contributed by atoms with Gasteiger partial charge < -0.3 is 15.4 Å². The van der Waals surface area contributed by atoms with Crippen molar-refractivity contribution in [1.82, 2.24) is 9.62 Å². The number of carbonyl (C=O) groups excluding carboxylic acids is 2. The van der Waals surface area contributed by atoms with E-state index >= 15 is 0 Å². The van der Waals surface area contributed by atoms with Crippen molar-refractivity contribution in [2.24, 2.45) is 23.2 Å². The third-order valence-corrected chi connectivity index (χ3v) is 9.42. The molecular formula is C24H35N3O5S. The zero-order valence-corrected chi connectivity index (χ0v) is 20.5. The van der Waals surface area contributed by atoms with E-state index in [1.54, 1.807) is 0 Å². The van der Waals surface area contributed by atoms with Crippen molar-refractivity contribution < 1.29 is 22.7 Å². The van der Waals surface area contributed by atoms with E-state index in [0.717, 1.165) is 41.3 Å². The number of benzene rings is 1. The van der Waals surface area contributed by atoms with Gasteiger partial charge >= 0.3 is 0 Å². The highest BCUT2D eigenvalue weighted by Crippen LogP contribution is 2.60. The first-order valence-electron chi connectivity index (χ1n) is 11.8. The molecule has 4 aliphatic rings. The van der Waals surface area contributed by atoms with Gasteiger partial charge in [-0.3, -0.25) is 9.59 Å². The zero-order valence-electron chi connectivity index (χ0n) is 19.7. The van der Waals surface area contributed by atoms with Gasteiger partial charge in [0.05, 0.1) is 17.7 Å². The number of nitrogens with one attached hydrogen (secondary N) is 2. The minimum Gasteiger partial charge on any atom is -0.495 e. The van der Waals surface area contributed by atoms with Crippen LogP contribution >= 0.6 is 0 Å². The largest absolute Gasteiger partial charge is 0.495 e. The van der Waals surface area contributed by atoms with E-state index in [0.29, 0.717) is 24.4 Å². The van der Waals surface area contributed by atoms with Gasteiger partial charge in [-0.05, 0) is 80.9 Å². The molecule has 4 fully saturated rings. The highest BCUT2D eigenvalue weighted by atomic mass is 32.2. The molecule has 5 rings (SSSR count). The zero-order chi connectivity index (χ0) is 23.8. The maximum atomic E-state index is 13.0. The molecule has 4 aliphatic carbocycles. The second-order valence-electron chi connectivity index (χ2n) is 10.3. The van der Waals surface area contributed by atoms with Crippen molar-refractivity contribution in [2.75, 3.05) is 33.1 Å². The van der Waals surface area contributed by atoms with Gasteiger partial charge in [0.1, 0.15) is 5.75 Å². The van der Waals surface area contributed by atoms with Crippen molar-refractivity contribution in [3.8, 4) is 5.75 Å². The summed E-state index contributed by atoms with van der Waals surface area (Å²) in [5.41, 5.74) is 0.131. The Balaban J connectivity index is 1.29. The van der Waals surface area contributed by atoms with Crippen LogP contribution in [0.3, 0.4) is 0 Å². The second-order valence-corrected chi connectivity index (χ2v) is 12.4. The Bertz CT molecular complexity index is 986. The lowest BCUT2D eigenvalue weighted by molar-refractivity contribution is -0.146. The summed E-state index contributed by atoms with van der Waals surface area (Å²) in [5, 5.41) is 5.84. The SMILES string of the molecule is COc1ccc(S(=O)(=O)N(C)C)cc1NC(=O)CCCNC(=O)C12CC3CC(CC(C3)C1)C2. The van der Waals surface area contributed by atoms with Crippen LogP contribution in [-0.2, 0) is 19.6 Å². The number of hydrogen-bond acceptors (Lipinski definition) is 5. The lowest BCUT2D eigenvalue weighted by Gasteiger charge is -2.55. The fraction of sp³-hybridized carbons (Fsp3) is 0.667. The standard InChI is InChI=1S/C24H35N3O5S/c1-27(2)33(30,31)19-6-7-21(32-3)20(12-19)26-22(28)5-4-8-25-23(29)24-13-16-9-17(14-24)11-18(10-16)15-24/h6-7,12,16-18H,4-5,8-11,13-15H2,1-3H3,(H,25,29)(H,26,28). The van der Waals surface area contributed by atoms with E-state index in [-0.39, 0.29) is 28.5 Å². The molecule has 0 spiro atoms. The fourth-order valence-electron chi connectivity index (χ4n) is 6.40. The molecule has 0 saturated heterocycles. The number of amides is 2. The van der Waals surface area contributed by atoms with Gasteiger partial charge in [-0.1, -0.05) is 0 Å². The van der Waals surface area contributed by atoms with Gasteiger partial charge in [0.25, 0.3) is 0 Å². The second kappa shape index (κ2) is 9.25. The molecule has 4 saturated carbocycles. The van der Waals surface area contributed by atoms with Gasteiger partial charge in [-0.2, -0.15) is 0 Å². The van der Waals surface area contributed by atoms with Crippen LogP contribution in [0.15, 0.2) is 23.1 Å². The number of anilines is 1. The molecule has 0 radical (unpaired) electrons. The first kappa shape index (κ1) is 24.0. The van der Waals surface area contributed by atoms with E-state index in [4.69, 9.17) is 4.74 Å². The maximum absolute atomic E-state index is 13.0. The maximum Gasteiger partial charge on any atom is 0.242 e. The number of hydrogen-bond donors (Lipinski definition) is 2. The molecular weight excluding hydrogens is 442 g/mol. The van der Waals surface area contributed by atoms with Crippen LogP contribution in [0.5, 0.6) is 5.75 Å². The molecule has 0 aromatic heterocycles. The summed E-state index contributed by atoms with van der Waals surface area (Å²) in [6, 6.07) is 4.38. The van der Waals surface area contributed by atoms with Crippen LogP contribution in [0, 0.1) is 23.2 Å². The summed E-state index contributed by atoms with van der Waals surface area (Å²) < 4.78 is 31.2. The molecule has 0 unspecified atom stereocenters. The predicted octanol–water partition coefficient (Wildman–Crippen LogP) is 3.00. The summed E-state index contributed by atoms with van der Waals surface area (Å²) in [7, 11) is 0.740. The number of nitrogens with zero attached hydrogens (tertiary/aromatic N) is 1. The normalized spacial score (nSPS) is 28.1. The van der Waals surface area contributed by atoms with E-state index in [9.17, 15) is 18.0 Å². The highest BCUT2D eigenvalue weighted by molar-refractivity contribution is 7.89. The van der Waals surface area contributed by atoms with Gasteiger partial charge in [-0.25, -0.2) is 12.7 Å². The topological polar surface area (TPSA) is 105 Å². The number of carbonyl (C=O) groups is 2. The van der Waals surface area contributed by atoms with Crippen LogP contribution in [0.4, 0.5) is 5.69 Å². The molecule has 2 amide bonds. The van der Waals surface area contributed by atoms with Crippen LogP contribution in [0.1, 0.15) is 51.4 Å². The van der Waals surface area contributed by atoms with E-state index < -0.39 is 10.0 Å². The number of sulfonamides is 1.